The molecule has 4 nitrogen and oxygen atoms in total. The van der Waals surface area contributed by atoms with Crippen LogP contribution in [0.15, 0.2) is 42.7 Å². The SMILES string of the molecule is c1ccc2c(c1)[nH]c1nc3c[nH+]ccc3nc12. The smallest absolute Gasteiger partial charge is 0.195 e. The maximum atomic E-state index is 4.65. The van der Waals surface area contributed by atoms with Gasteiger partial charge in [0, 0.05) is 17.0 Å². The molecule has 80 valence electrons. The van der Waals surface area contributed by atoms with Gasteiger partial charge in [0.15, 0.2) is 23.6 Å². The van der Waals surface area contributed by atoms with E-state index in [0.29, 0.717) is 0 Å². The molecule has 0 fully saturated rings. The van der Waals surface area contributed by atoms with Crippen LogP contribution in [0.1, 0.15) is 0 Å². The van der Waals surface area contributed by atoms with Gasteiger partial charge in [-0.05, 0) is 6.07 Å². The fourth-order valence-corrected chi connectivity index (χ4v) is 2.15. The molecule has 0 atom stereocenters. The van der Waals surface area contributed by atoms with Crippen molar-refractivity contribution in [1.29, 1.82) is 0 Å². The van der Waals surface area contributed by atoms with Crippen molar-refractivity contribution in [3.63, 3.8) is 0 Å². The van der Waals surface area contributed by atoms with Gasteiger partial charge >= 0.3 is 0 Å². The molecule has 0 aliphatic rings. The summed E-state index contributed by atoms with van der Waals surface area (Å²) in [6, 6.07) is 10.0. The Morgan fingerprint density at radius 2 is 1.94 bits per heavy atom. The molecule has 4 rings (SSSR count). The first-order valence-electron chi connectivity index (χ1n) is 5.46. The largest absolute Gasteiger partial charge is 0.338 e. The third kappa shape index (κ3) is 1.15. The molecule has 0 radical (unpaired) electrons. The Balaban J connectivity index is 2.28. The highest BCUT2D eigenvalue weighted by molar-refractivity contribution is 6.05. The number of fused-ring (bicyclic) bond motifs is 4. The van der Waals surface area contributed by atoms with Crippen molar-refractivity contribution in [3.8, 4) is 0 Å². The number of hydrogen-bond acceptors (Lipinski definition) is 2. The lowest BCUT2D eigenvalue weighted by Crippen LogP contribution is -1.99. The topological polar surface area (TPSA) is 55.7 Å². The minimum atomic E-state index is 0.832. The van der Waals surface area contributed by atoms with E-state index in [4.69, 9.17) is 0 Å². The summed E-state index contributed by atoms with van der Waals surface area (Å²) in [5, 5.41) is 1.12. The molecular formula is C13H9N4+. The predicted molar refractivity (Wildman–Crippen MR) is 65.5 cm³/mol. The molecule has 1 aromatic carbocycles. The molecule has 0 spiro atoms. The van der Waals surface area contributed by atoms with Crippen LogP contribution in [0.3, 0.4) is 0 Å². The third-order valence-corrected chi connectivity index (χ3v) is 2.94. The summed E-state index contributed by atoms with van der Waals surface area (Å²) in [5.74, 6) is 0. The fraction of sp³-hybridized carbons (Fsp3) is 0. The second kappa shape index (κ2) is 3.01. The van der Waals surface area contributed by atoms with Crippen molar-refractivity contribution in [3.05, 3.63) is 42.7 Å². The molecule has 0 aliphatic carbocycles. The Labute approximate surface area is 96.3 Å². The Kier molecular flexibility index (Phi) is 1.53. The zero-order valence-electron chi connectivity index (χ0n) is 8.94. The van der Waals surface area contributed by atoms with Crippen LogP contribution in [-0.4, -0.2) is 15.0 Å². The Hall–Kier alpha value is -2.49. The highest BCUT2D eigenvalue weighted by atomic mass is 14.9. The van der Waals surface area contributed by atoms with Gasteiger partial charge in [0.1, 0.15) is 11.0 Å². The predicted octanol–water partition coefficient (Wildman–Crippen LogP) is 2.08. The third-order valence-electron chi connectivity index (χ3n) is 2.94. The molecule has 3 aromatic heterocycles. The summed E-state index contributed by atoms with van der Waals surface area (Å²) in [4.78, 5) is 15.5. The normalized spacial score (nSPS) is 11.5. The highest BCUT2D eigenvalue weighted by Gasteiger charge is 2.08. The van der Waals surface area contributed by atoms with E-state index < -0.39 is 0 Å². The summed E-state index contributed by atoms with van der Waals surface area (Å²) in [5.41, 5.74) is 4.60. The van der Waals surface area contributed by atoms with E-state index in [2.05, 4.69) is 26.0 Å². The van der Waals surface area contributed by atoms with Gasteiger partial charge in [0.2, 0.25) is 0 Å². The van der Waals surface area contributed by atoms with Gasteiger partial charge in [-0.25, -0.2) is 15.0 Å². The minimum Gasteiger partial charge on any atom is -0.338 e. The Morgan fingerprint density at radius 1 is 1.00 bits per heavy atom. The summed E-state index contributed by atoms with van der Waals surface area (Å²) >= 11 is 0. The van der Waals surface area contributed by atoms with Crippen LogP contribution < -0.4 is 4.98 Å². The van der Waals surface area contributed by atoms with Crippen LogP contribution in [0.2, 0.25) is 0 Å². The summed E-state index contributed by atoms with van der Waals surface area (Å²) < 4.78 is 0. The van der Waals surface area contributed by atoms with Crippen molar-refractivity contribution in [2.45, 2.75) is 0 Å². The first kappa shape index (κ1) is 8.64. The number of aromatic nitrogens is 4. The molecule has 0 saturated heterocycles. The van der Waals surface area contributed by atoms with Crippen molar-refractivity contribution in [2.75, 3.05) is 0 Å². The highest BCUT2D eigenvalue weighted by Crippen LogP contribution is 2.23. The summed E-state index contributed by atoms with van der Waals surface area (Å²) in [7, 11) is 0. The zero-order valence-corrected chi connectivity index (χ0v) is 8.94. The van der Waals surface area contributed by atoms with E-state index in [9.17, 15) is 0 Å². The monoisotopic (exact) mass is 221 g/mol. The second-order valence-corrected chi connectivity index (χ2v) is 4.01. The number of H-pyrrole nitrogens is 2. The van der Waals surface area contributed by atoms with E-state index in [1.54, 1.807) is 0 Å². The average Bonchev–Trinajstić information content (AvgIpc) is 2.73. The molecule has 3 heterocycles. The van der Waals surface area contributed by atoms with Crippen molar-refractivity contribution < 1.29 is 4.98 Å². The van der Waals surface area contributed by atoms with Gasteiger partial charge in [-0.2, -0.15) is 0 Å². The van der Waals surface area contributed by atoms with E-state index in [1.807, 2.05) is 36.7 Å². The van der Waals surface area contributed by atoms with Crippen LogP contribution in [0.5, 0.6) is 0 Å². The van der Waals surface area contributed by atoms with Gasteiger partial charge in [-0.3, -0.25) is 0 Å². The van der Waals surface area contributed by atoms with E-state index in [0.717, 1.165) is 33.1 Å². The van der Waals surface area contributed by atoms with Crippen LogP contribution in [0, 0.1) is 0 Å². The van der Waals surface area contributed by atoms with Crippen LogP contribution in [0.25, 0.3) is 33.1 Å². The van der Waals surface area contributed by atoms with Crippen molar-refractivity contribution in [1.82, 2.24) is 15.0 Å². The van der Waals surface area contributed by atoms with Gasteiger partial charge < -0.3 is 4.98 Å². The van der Waals surface area contributed by atoms with E-state index >= 15 is 0 Å². The first-order chi connectivity index (χ1) is 8.42. The lowest BCUT2D eigenvalue weighted by atomic mass is 10.2. The van der Waals surface area contributed by atoms with Gasteiger partial charge in [-0.15, -0.1) is 0 Å². The summed E-state index contributed by atoms with van der Waals surface area (Å²) in [6.07, 6.45) is 3.71. The number of nitrogens with zero attached hydrogens (tertiary/aromatic N) is 2. The molecule has 0 amide bonds. The lowest BCUT2D eigenvalue weighted by molar-refractivity contribution is -0.376. The Bertz CT molecular complexity index is 842. The quantitative estimate of drug-likeness (QED) is 0.494. The number of hydrogen-bond donors (Lipinski definition) is 1. The van der Waals surface area contributed by atoms with Crippen LogP contribution >= 0.6 is 0 Å². The van der Waals surface area contributed by atoms with E-state index in [-0.39, 0.29) is 0 Å². The number of rotatable bonds is 0. The number of pyridine rings is 1. The average molecular weight is 221 g/mol. The first-order valence-corrected chi connectivity index (χ1v) is 5.46. The number of nitrogens with one attached hydrogen (secondary N) is 2. The maximum absolute atomic E-state index is 4.65. The molecule has 4 aromatic rings. The molecule has 0 bridgehead atoms. The van der Waals surface area contributed by atoms with E-state index in [1.165, 1.54) is 0 Å². The lowest BCUT2D eigenvalue weighted by Gasteiger charge is -1.93. The molecule has 4 heteroatoms. The molecule has 17 heavy (non-hydrogen) atoms. The number of para-hydroxylation sites is 1. The molecule has 0 unspecified atom stereocenters. The molecular weight excluding hydrogens is 212 g/mol. The second-order valence-electron chi connectivity index (χ2n) is 4.01. The molecule has 0 saturated carbocycles. The zero-order chi connectivity index (χ0) is 11.2. The molecule has 2 N–H and O–H groups in total. The standard InChI is InChI=1S/C13H8N4/c1-2-4-9-8(3-1)12-13(16-9)17-11-7-14-6-5-10(11)15-12/h1-7H,(H,16,17)/p+1. The minimum absolute atomic E-state index is 0.832. The number of aromatic amines is 2. The maximum Gasteiger partial charge on any atom is 0.195 e. The van der Waals surface area contributed by atoms with Crippen LogP contribution in [-0.2, 0) is 0 Å². The van der Waals surface area contributed by atoms with Crippen molar-refractivity contribution in [2.24, 2.45) is 0 Å². The number of benzene rings is 1. The van der Waals surface area contributed by atoms with Gasteiger partial charge in [-0.1, -0.05) is 18.2 Å². The molecule has 0 aliphatic heterocycles. The van der Waals surface area contributed by atoms with Gasteiger partial charge in [0.25, 0.3) is 0 Å². The van der Waals surface area contributed by atoms with Crippen molar-refractivity contribution >= 4 is 33.1 Å². The fourth-order valence-electron chi connectivity index (χ4n) is 2.15. The summed E-state index contributed by atoms with van der Waals surface area (Å²) in [6.45, 7) is 0. The van der Waals surface area contributed by atoms with Crippen LogP contribution in [0.4, 0.5) is 0 Å². The Morgan fingerprint density at radius 3 is 2.94 bits per heavy atom. The van der Waals surface area contributed by atoms with Gasteiger partial charge in [0.05, 0.1) is 0 Å².